The molecule has 0 saturated carbocycles. The molecule has 0 unspecified atom stereocenters. The maximum absolute atomic E-state index is 13.5. The van der Waals surface area contributed by atoms with Crippen LogP contribution in [0.5, 0.6) is 5.75 Å². The molecule has 3 aromatic rings. The maximum Gasteiger partial charge on any atom is 0.277 e. The van der Waals surface area contributed by atoms with Crippen molar-refractivity contribution in [3.8, 4) is 17.2 Å². The molecule has 1 aromatic heterocycles. The minimum Gasteiger partial charge on any atom is -0.496 e. The van der Waals surface area contributed by atoms with Crippen molar-refractivity contribution in [3.05, 3.63) is 59.9 Å². The van der Waals surface area contributed by atoms with E-state index >= 15 is 0 Å². The van der Waals surface area contributed by atoms with Gasteiger partial charge in [0.15, 0.2) is 0 Å². The smallest absolute Gasteiger partial charge is 0.277 e. The van der Waals surface area contributed by atoms with Crippen LogP contribution in [0.25, 0.3) is 11.5 Å². The van der Waals surface area contributed by atoms with Crippen molar-refractivity contribution in [3.63, 3.8) is 0 Å². The molecule has 26 heavy (non-hydrogen) atoms. The number of hydrogen-bond acceptors (Lipinski definition) is 6. The van der Waals surface area contributed by atoms with Gasteiger partial charge in [0.25, 0.3) is 11.1 Å². The lowest BCUT2D eigenvalue weighted by molar-refractivity contribution is -0.118. The van der Waals surface area contributed by atoms with E-state index in [1.165, 1.54) is 6.07 Å². The topological polar surface area (TPSA) is 77.2 Å². The predicted octanol–water partition coefficient (Wildman–Crippen LogP) is 3.29. The van der Waals surface area contributed by atoms with E-state index < -0.39 is 0 Å². The summed E-state index contributed by atoms with van der Waals surface area (Å²) in [6.07, 6.45) is 0. The number of halogens is 1. The van der Waals surface area contributed by atoms with Gasteiger partial charge in [-0.2, -0.15) is 0 Å². The monoisotopic (exact) mass is 373 g/mol. The lowest BCUT2D eigenvalue weighted by Gasteiger charge is -2.05. The molecular formula is C18H16FN3O3S. The quantitative estimate of drug-likeness (QED) is 0.641. The minimum absolute atomic E-state index is 0.0853. The van der Waals surface area contributed by atoms with E-state index in [2.05, 4.69) is 15.5 Å². The summed E-state index contributed by atoms with van der Waals surface area (Å²) in [5, 5.41) is 10.8. The zero-order valence-corrected chi connectivity index (χ0v) is 14.8. The third-order valence-electron chi connectivity index (χ3n) is 3.50. The summed E-state index contributed by atoms with van der Waals surface area (Å²) in [4.78, 5) is 11.9. The van der Waals surface area contributed by atoms with E-state index in [0.29, 0.717) is 22.8 Å². The van der Waals surface area contributed by atoms with Crippen molar-refractivity contribution in [2.24, 2.45) is 0 Å². The summed E-state index contributed by atoms with van der Waals surface area (Å²) < 4.78 is 24.3. The molecule has 1 amide bonds. The highest BCUT2D eigenvalue weighted by Gasteiger charge is 2.14. The maximum atomic E-state index is 13.5. The largest absolute Gasteiger partial charge is 0.496 e. The van der Waals surface area contributed by atoms with E-state index in [1.807, 2.05) is 18.2 Å². The molecule has 3 rings (SSSR count). The number of methoxy groups -OCH3 is 1. The summed E-state index contributed by atoms with van der Waals surface area (Å²) in [7, 11) is 1.56. The van der Waals surface area contributed by atoms with Gasteiger partial charge in [-0.05, 0) is 18.2 Å². The van der Waals surface area contributed by atoms with Crippen molar-refractivity contribution in [1.29, 1.82) is 0 Å². The first-order chi connectivity index (χ1) is 12.7. The number of nitrogens with zero attached hydrogens (tertiary/aromatic N) is 2. The molecule has 0 saturated heterocycles. The van der Waals surface area contributed by atoms with Crippen molar-refractivity contribution in [2.75, 3.05) is 12.9 Å². The van der Waals surface area contributed by atoms with Crippen LogP contribution in [0.2, 0.25) is 0 Å². The molecule has 0 spiro atoms. The van der Waals surface area contributed by atoms with Crippen molar-refractivity contribution in [1.82, 2.24) is 15.5 Å². The van der Waals surface area contributed by atoms with Gasteiger partial charge in [0, 0.05) is 12.1 Å². The molecular weight excluding hydrogens is 357 g/mol. The fourth-order valence-corrected chi connectivity index (χ4v) is 2.81. The van der Waals surface area contributed by atoms with Gasteiger partial charge in [-0.3, -0.25) is 4.79 Å². The Kier molecular flexibility index (Phi) is 5.85. The molecule has 0 aliphatic rings. The number of hydrogen-bond donors (Lipinski definition) is 1. The summed E-state index contributed by atoms with van der Waals surface area (Å²) in [5.74, 6) is 0.420. The Morgan fingerprint density at radius 1 is 1.19 bits per heavy atom. The Balaban J connectivity index is 1.55. The van der Waals surface area contributed by atoms with Crippen LogP contribution in [0, 0.1) is 5.82 Å². The highest BCUT2D eigenvalue weighted by Crippen LogP contribution is 2.30. The molecule has 0 atom stereocenters. The summed E-state index contributed by atoms with van der Waals surface area (Å²) in [5.41, 5.74) is 1.11. The van der Waals surface area contributed by atoms with Gasteiger partial charge in [-0.15, -0.1) is 10.2 Å². The SMILES string of the molecule is COc1ccccc1-c1nnc(SCC(=O)NCc2ccccc2F)o1. The minimum atomic E-state index is -0.348. The van der Waals surface area contributed by atoms with Crippen LogP contribution in [-0.2, 0) is 11.3 Å². The molecule has 0 aliphatic carbocycles. The second-order valence-electron chi connectivity index (χ2n) is 5.23. The second kappa shape index (κ2) is 8.48. The van der Waals surface area contributed by atoms with E-state index in [9.17, 15) is 9.18 Å². The molecule has 2 aromatic carbocycles. The van der Waals surface area contributed by atoms with Crippen LogP contribution in [0.3, 0.4) is 0 Å². The van der Waals surface area contributed by atoms with Gasteiger partial charge in [-0.1, -0.05) is 42.1 Å². The molecule has 0 radical (unpaired) electrons. The third-order valence-corrected chi connectivity index (χ3v) is 4.32. The Bertz CT molecular complexity index is 901. The van der Waals surface area contributed by atoms with Crippen molar-refractivity contribution >= 4 is 17.7 Å². The normalized spacial score (nSPS) is 10.5. The van der Waals surface area contributed by atoms with Gasteiger partial charge in [-0.25, -0.2) is 4.39 Å². The van der Waals surface area contributed by atoms with Gasteiger partial charge in [0.1, 0.15) is 11.6 Å². The first-order valence-corrected chi connectivity index (χ1v) is 8.75. The number of rotatable bonds is 7. The standard InChI is InChI=1S/C18H16FN3O3S/c1-24-15-9-5-3-7-13(15)17-21-22-18(25-17)26-11-16(23)20-10-12-6-2-4-8-14(12)19/h2-9H,10-11H2,1H3,(H,20,23). The molecule has 0 aliphatic heterocycles. The number of thioether (sulfide) groups is 1. The van der Waals surface area contributed by atoms with E-state index in [0.717, 1.165) is 11.8 Å². The first-order valence-electron chi connectivity index (χ1n) is 7.77. The summed E-state index contributed by atoms with van der Waals surface area (Å²) in [6, 6.07) is 13.6. The second-order valence-corrected chi connectivity index (χ2v) is 6.16. The van der Waals surface area contributed by atoms with E-state index in [4.69, 9.17) is 9.15 Å². The van der Waals surface area contributed by atoms with Crippen LogP contribution in [0.15, 0.2) is 58.2 Å². The molecule has 6 nitrogen and oxygen atoms in total. The third kappa shape index (κ3) is 4.40. The lowest BCUT2D eigenvalue weighted by atomic mass is 10.2. The summed E-state index contributed by atoms with van der Waals surface area (Å²) >= 11 is 1.11. The average molecular weight is 373 g/mol. The average Bonchev–Trinajstić information content (AvgIpc) is 3.14. The molecule has 1 N–H and O–H groups in total. The molecule has 134 valence electrons. The number of carbonyl (C=O) groups is 1. The van der Waals surface area contributed by atoms with Gasteiger partial charge in [0.05, 0.1) is 18.4 Å². The van der Waals surface area contributed by atoms with Crippen molar-refractivity contribution in [2.45, 2.75) is 11.8 Å². The zero-order chi connectivity index (χ0) is 18.4. The van der Waals surface area contributed by atoms with E-state index in [1.54, 1.807) is 31.4 Å². The zero-order valence-electron chi connectivity index (χ0n) is 13.9. The molecule has 8 heteroatoms. The predicted molar refractivity (Wildman–Crippen MR) is 95.3 cm³/mol. The van der Waals surface area contributed by atoms with E-state index in [-0.39, 0.29) is 29.2 Å². The number of benzene rings is 2. The molecule has 0 fully saturated rings. The number of amides is 1. The Morgan fingerprint density at radius 3 is 2.77 bits per heavy atom. The summed E-state index contributed by atoms with van der Waals surface area (Å²) in [6.45, 7) is 0.127. The van der Waals surface area contributed by atoms with Crippen molar-refractivity contribution < 1.29 is 18.3 Å². The highest BCUT2D eigenvalue weighted by molar-refractivity contribution is 7.99. The van der Waals surface area contributed by atoms with Crippen LogP contribution in [-0.4, -0.2) is 29.0 Å². The van der Waals surface area contributed by atoms with Crippen LogP contribution < -0.4 is 10.1 Å². The van der Waals surface area contributed by atoms with Crippen LogP contribution in [0.1, 0.15) is 5.56 Å². The molecule has 0 bridgehead atoms. The number of aromatic nitrogens is 2. The number of para-hydroxylation sites is 1. The number of ether oxygens (including phenoxy) is 1. The van der Waals surface area contributed by atoms with Gasteiger partial charge in [0.2, 0.25) is 5.91 Å². The Morgan fingerprint density at radius 2 is 1.96 bits per heavy atom. The fourth-order valence-electron chi connectivity index (χ4n) is 2.21. The van der Waals surface area contributed by atoms with Gasteiger partial charge >= 0.3 is 0 Å². The fraction of sp³-hybridized carbons (Fsp3) is 0.167. The Hall–Kier alpha value is -2.87. The lowest BCUT2D eigenvalue weighted by Crippen LogP contribution is -2.25. The van der Waals surface area contributed by atoms with Gasteiger partial charge < -0.3 is 14.5 Å². The highest BCUT2D eigenvalue weighted by atomic mass is 32.2. The number of carbonyl (C=O) groups excluding carboxylic acids is 1. The number of nitrogens with one attached hydrogen (secondary N) is 1. The molecule has 1 heterocycles. The van der Waals surface area contributed by atoms with Crippen LogP contribution >= 0.6 is 11.8 Å². The first kappa shape index (κ1) is 17.9. The van der Waals surface area contributed by atoms with Crippen LogP contribution in [0.4, 0.5) is 4.39 Å². The Labute approximate surface area is 153 Å².